The van der Waals surface area contributed by atoms with E-state index in [9.17, 15) is 0 Å². The molecule has 0 amide bonds. The van der Waals surface area contributed by atoms with Crippen molar-refractivity contribution in [3.05, 3.63) is 51.7 Å². The highest BCUT2D eigenvalue weighted by molar-refractivity contribution is 7.10. The standard InChI is InChI=1S/C14H17NOS/c1-10-6-4-5-7-12(10)14(15-2)13-8-11(16-3)9-17-13/h4-9,14-15H,1-3H3. The van der Waals surface area contributed by atoms with Crippen LogP contribution in [0.2, 0.25) is 0 Å². The maximum atomic E-state index is 5.24. The second-order valence-electron chi connectivity index (χ2n) is 3.97. The molecule has 3 heteroatoms. The van der Waals surface area contributed by atoms with Gasteiger partial charge >= 0.3 is 0 Å². The first-order valence-corrected chi connectivity index (χ1v) is 6.49. The Hall–Kier alpha value is -1.32. The Bertz CT molecular complexity index is 492. The zero-order valence-electron chi connectivity index (χ0n) is 10.4. The molecule has 1 atom stereocenters. The van der Waals surface area contributed by atoms with E-state index in [2.05, 4.69) is 42.6 Å². The normalized spacial score (nSPS) is 12.4. The van der Waals surface area contributed by atoms with Crippen molar-refractivity contribution in [1.82, 2.24) is 5.32 Å². The minimum atomic E-state index is 0.241. The Kier molecular flexibility index (Phi) is 3.82. The van der Waals surface area contributed by atoms with Crippen LogP contribution >= 0.6 is 11.3 Å². The molecule has 0 spiro atoms. The molecule has 90 valence electrons. The van der Waals surface area contributed by atoms with Gasteiger partial charge in [0.2, 0.25) is 0 Å². The zero-order chi connectivity index (χ0) is 12.3. The molecule has 0 aliphatic carbocycles. The first-order valence-electron chi connectivity index (χ1n) is 5.61. The summed E-state index contributed by atoms with van der Waals surface area (Å²) in [5.41, 5.74) is 2.62. The lowest BCUT2D eigenvalue weighted by Gasteiger charge is -2.17. The first-order chi connectivity index (χ1) is 8.26. The Balaban J connectivity index is 2.36. The zero-order valence-corrected chi connectivity index (χ0v) is 11.2. The molecule has 0 saturated heterocycles. The third-order valence-electron chi connectivity index (χ3n) is 2.90. The van der Waals surface area contributed by atoms with Gasteiger partial charge in [-0.15, -0.1) is 11.3 Å². The van der Waals surface area contributed by atoms with E-state index in [4.69, 9.17) is 4.74 Å². The van der Waals surface area contributed by atoms with Crippen LogP contribution in [0.4, 0.5) is 0 Å². The fourth-order valence-corrected chi connectivity index (χ4v) is 2.94. The van der Waals surface area contributed by atoms with E-state index in [1.807, 2.05) is 12.4 Å². The molecule has 1 aromatic heterocycles. The Morgan fingerprint density at radius 2 is 2.06 bits per heavy atom. The molecule has 2 rings (SSSR count). The lowest BCUT2D eigenvalue weighted by Crippen LogP contribution is -2.17. The Morgan fingerprint density at radius 3 is 2.65 bits per heavy atom. The fraction of sp³-hybridized carbons (Fsp3) is 0.286. The van der Waals surface area contributed by atoms with Crippen molar-refractivity contribution in [2.24, 2.45) is 0 Å². The highest BCUT2D eigenvalue weighted by Gasteiger charge is 2.15. The van der Waals surface area contributed by atoms with Crippen LogP contribution in [0.1, 0.15) is 22.0 Å². The van der Waals surface area contributed by atoms with Crippen LogP contribution in [0.5, 0.6) is 5.75 Å². The summed E-state index contributed by atoms with van der Waals surface area (Å²) in [6.07, 6.45) is 0. The summed E-state index contributed by atoms with van der Waals surface area (Å²) in [6.45, 7) is 2.14. The lowest BCUT2D eigenvalue weighted by molar-refractivity contribution is 0.416. The van der Waals surface area contributed by atoms with E-state index >= 15 is 0 Å². The molecule has 1 heterocycles. The average molecular weight is 247 g/mol. The number of methoxy groups -OCH3 is 1. The Labute approximate surface area is 106 Å². The summed E-state index contributed by atoms with van der Waals surface area (Å²) in [7, 11) is 3.69. The minimum Gasteiger partial charge on any atom is -0.496 e. The number of hydrogen-bond donors (Lipinski definition) is 1. The quantitative estimate of drug-likeness (QED) is 0.894. The van der Waals surface area contributed by atoms with E-state index in [1.165, 1.54) is 16.0 Å². The van der Waals surface area contributed by atoms with Gasteiger partial charge in [0.25, 0.3) is 0 Å². The van der Waals surface area contributed by atoms with Gasteiger partial charge in [-0.3, -0.25) is 0 Å². The number of thiophene rings is 1. The van der Waals surface area contributed by atoms with E-state index in [0.717, 1.165) is 5.75 Å². The predicted molar refractivity (Wildman–Crippen MR) is 73.0 cm³/mol. The summed E-state index contributed by atoms with van der Waals surface area (Å²) >= 11 is 1.72. The molecule has 1 aromatic carbocycles. The highest BCUT2D eigenvalue weighted by atomic mass is 32.1. The van der Waals surface area contributed by atoms with Crippen molar-refractivity contribution in [3.63, 3.8) is 0 Å². The van der Waals surface area contributed by atoms with Gasteiger partial charge in [-0.2, -0.15) is 0 Å². The lowest BCUT2D eigenvalue weighted by atomic mass is 10.0. The monoisotopic (exact) mass is 247 g/mol. The van der Waals surface area contributed by atoms with Crippen molar-refractivity contribution in [3.8, 4) is 5.75 Å². The molecular formula is C14H17NOS. The molecule has 2 nitrogen and oxygen atoms in total. The van der Waals surface area contributed by atoms with Crippen molar-refractivity contribution in [2.75, 3.05) is 14.2 Å². The maximum Gasteiger partial charge on any atom is 0.129 e. The third-order valence-corrected chi connectivity index (χ3v) is 3.88. The number of benzene rings is 1. The molecule has 0 fully saturated rings. The van der Waals surface area contributed by atoms with E-state index < -0.39 is 0 Å². The van der Waals surface area contributed by atoms with Crippen molar-refractivity contribution in [2.45, 2.75) is 13.0 Å². The second-order valence-corrected chi connectivity index (χ2v) is 4.91. The summed E-state index contributed by atoms with van der Waals surface area (Å²) in [6, 6.07) is 10.8. The molecule has 17 heavy (non-hydrogen) atoms. The molecular weight excluding hydrogens is 230 g/mol. The number of hydrogen-bond acceptors (Lipinski definition) is 3. The summed E-state index contributed by atoms with van der Waals surface area (Å²) in [5, 5.41) is 5.41. The number of aryl methyl sites for hydroxylation is 1. The fourth-order valence-electron chi connectivity index (χ4n) is 1.95. The van der Waals surface area contributed by atoms with Crippen LogP contribution in [0.3, 0.4) is 0 Å². The van der Waals surface area contributed by atoms with Crippen molar-refractivity contribution >= 4 is 11.3 Å². The predicted octanol–water partition coefficient (Wildman–Crippen LogP) is 3.37. The van der Waals surface area contributed by atoms with Gasteiger partial charge in [0.1, 0.15) is 5.75 Å². The van der Waals surface area contributed by atoms with Crippen LogP contribution in [0.25, 0.3) is 0 Å². The first kappa shape index (κ1) is 12.1. The molecule has 0 bridgehead atoms. The number of rotatable bonds is 4. The summed E-state index contributed by atoms with van der Waals surface area (Å²) in [5.74, 6) is 0.929. The van der Waals surface area contributed by atoms with E-state index in [1.54, 1.807) is 18.4 Å². The van der Waals surface area contributed by atoms with Crippen LogP contribution < -0.4 is 10.1 Å². The molecule has 1 N–H and O–H groups in total. The average Bonchev–Trinajstić information content (AvgIpc) is 2.81. The molecule has 0 radical (unpaired) electrons. The van der Waals surface area contributed by atoms with Gasteiger partial charge < -0.3 is 10.1 Å². The molecule has 0 saturated carbocycles. The van der Waals surface area contributed by atoms with Gasteiger partial charge in [-0.1, -0.05) is 24.3 Å². The van der Waals surface area contributed by atoms with Crippen LogP contribution in [0.15, 0.2) is 35.7 Å². The van der Waals surface area contributed by atoms with Crippen molar-refractivity contribution in [1.29, 1.82) is 0 Å². The third kappa shape index (κ3) is 2.51. The largest absolute Gasteiger partial charge is 0.496 e. The van der Waals surface area contributed by atoms with Crippen LogP contribution in [-0.4, -0.2) is 14.2 Å². The number of ether oxygens (including phenoxy) is 1. The molecule has 1 unspecified atom stereocenters. The minimum absolute atomic E-state index is 0.241. The highest BCUT2D eigenvalue weighted by Crippen LogP contribution is 2.31. The van der Waals surface area contributed by atoms with Crippen molar-refractivity contribution < 1.29 is 4.74 Å². The van der Waals surface area contributed by atoms with E-state index in [0.29, 0.717) is 0 Å². The topological polar surface area (TPSA) is 21.3 Å². The molecule has 0 aliphatic heterocycles. The molecule has 2 aromatic rings. The van der Waals surface area contributed by atoms with Crippen LogP contribution in [0, 0.1) is 6.92 Å². The smallest absolute Gasteiger partial charge is 0.129 e. The number of nitrogens with one attached hydrogen (secondary N) is 1. The maximum absolute atomic E-state index is 5.24. The second kappa shape index (κ2) is 5.34. The van der Waals surface area contributed by atoms with Gasteiger partial charge in [0.15, 0.2) is 0 Å². The summed E-state index contributed by atoms with van der Waals surface area (Å²) < 4.78 is 5.24. The SMILES string of the molecule is CNC(c1cc(OC)cs1)c1ccccc1C. The van der Waals surface area contributed by atoms with E-state index in [-0.39, 0.29) is 6.04 Å². The van der Waals surface area contributed by atoms with Gasteiger partial charge in [0.05, 0.1) is 13.2 Å². The van der Waals surface area contributed by atoms with Gasteiger partial charge in [-0.25, -0.2) is 0 Å². The van der Waals surface area contributed by atoms with Gasteiger partial charge in [-0.05, 0) is 31.2 Å². The van der Waals surface area contributed by atoms with Crippen LogP contribution in [-0.2, 0) is 0 Å². The molecule has 0 aliphatic rings. The summed E-state index contributed by atoms with van der Waals surface area (Å²) in [4.78, 5) is 1.28. The Morgan fingerprint density at radius 1 is 1.29 bits per heavy atom. The van der Waals surface area contributed by atoms with Gasteiger partial charge in [0, 0.05) is 10.3 Å².